The van der Waals surface area contributed by atoms with Crippen molar-refractivity contribution in [2.45, 2.75) is 25.3 Å². The molecule has 0 saturated carbocycles. The molecule has 1 N–H and O–H groups in total. The summed E-state index contributed by atoms with van der Waals surface area (Å²) in [6.07, 6.45) is -0.691. The summed E-state index contributed by atoms with van der Waals surface area (Å²) in [6, 6.07) is 23.0. The Bertz CT molecular complexity index is 1350. The molecular formula is C30H33N5O5. The van der Waals surface area contributed by atoms with Gasteiger partial charge in [0.2, 0.25) is 5.91 Å². The number of hydrogen-bond acceptors (Lipinski definition) is 6. The second-order valence-corrected chi connectivity index (χ2v) is 9.83. The van der Waals surface area contributed by atoms with E-state index in [1.807, 2.05) is 78.9 Å². The Labute approximate surface area is 233 Å². The Morgan fingerprint density at radius 3 is 2.08 bits per heavy atom. The first-order valence-electron chi connectivity index (χ1n) is 13.1. The third-order valence-corrected chi connectivity index (χ3v) is 7.29. The highest BCUT2D eigenvalue weighted by Crippen LogP contribution is 2.35. The maximum absolute atomic E-state index is 13.9. The molecule has 0 unspecified atom stereocenters. The number of carbonyl (C=O) groups excluding carboxylic acids is 3. The van der Waals surface area contributed by atoms with Crippen molar-refractivity contribution >= 4 is 17.8 Å². The molecule has 0 aromatic heterocycles. The zero-order chi connectivity index (χ0) is 28.2. The number of urea groups is 1. The Morgan fingerprint density at radius 2 is 1.48 bits per heavy atom. The average Bonchev–Trinajstić information content (AvgIpc) is 2.98. The highest BCUT2D eigenvalue weighted by molar-refractivity contribution is 5.92. The largest absolute Gasteiger partial charge is 0.497 e. The van der Waals surface area contributed by atoms with Crippen molar-refractivity contribution in [2.75, 3.05) is 34.4 Å². The van der Waals surface area contributed by atoms with Gasteiger partial charge in [0.05, 0.1) is 27.3 Å². The summed E-state index contributed by atoms with van der Waals surface area (Å²) < 4.78 is 10.5. The van der Waals surface area contributed by atoms with Gasteiger partial charge < -0.3 is 24.6 Å². The van der Waals surface area contributed by atoms with E-state index in [1.54, 1.807) is 41.1 Å². The van der Waals surface area contributed by atoms with E-state index in [1.165, 1.54) is 0 Å². The number of likely N-dealkylation sites (N-methyl/N-ethyl adjacent to an activating group) is 1. The lowest BCUT2D eigenvalue weighted by Gasteiger charge is -2.54. The number of piperazine rings is 1. The van der Waals surface area contributed by atoms with Crippen LogP contribution in [-0.2, 0) is 22.7 Å². The minimum absolute atomic E-state index is 0.0262. The van der Waals surface area contributed by atoms with Crippen LogP contribution in [0.3, 0.4) is 0 Å². The number of nitrogens with zero attached hydrogens (tertiary/aromatic N) is 4. The van der Waals surface area contributed by atoms with Gasteiger partial charge in [-0.25, -0.2) is 14.8 Å². The van der Waals surface area contributed by atoms with Crippen LogP contribution in [0.15, 0.2) is 78.9 Å². The van der Waals surface area contributed by atoms with Crippen LogP contribution in [0, 0.1) is 0 Å². The number of methoxy groups -OCH3 is 2. The lowest BCUT2D eigenvalue weighted by atomic mass is 9.98. The highest BCUT2D eigenvalue weighted by Gasteiger charge is 2.51. The lowest BCUT2D eigenvalue weighted by Crippen LogP contribution is -2.73. The van der Waals surface area contributed by atoms with Gasteiger partial charge in [0.15, 0.2) is 0 Å². The fourth-order valence-corrected chi connectivity index (χ4v) is 5.25. The van der Waals surface area contributed by atoms with E-state index >= 15 is 0 Å². The van der Waals surface area contributed by atoms with E-state index in [0.29, 0.717) is 18.7 Å². The molecule has 2 atom stereocenters. The van der Waals surface area contributed by atoms with Gasteiger partial charge in [-0.2, -0.15) is 0 Å². The van der Waals surface area contributed by atoms with Gasteiger partial charge in [0.1, 0.15) is 23.7 Å². The Kier molecular flexibility index (Phi) is 7.88. The fourth-order valence-electron chi connectivity index (χ4n) is 5.25. The van der Waals surface area contributed by atoms with Gasteiger partial charge in [0, 0.05) is 20.1 Å². The summed E-state index contributed by atoms with van der Waals surface area (Å²) in [6.45, 7) is 0.766. The summed E-state index contributed by atoms with van der Waals surface area (Å²) in [4.78, 5) is 44.3. The summed E-state index contributed by atoms with van der Waals surface area (Å²) >= 11 is 0. The Hall–Kier alpha value is -4.57. The van der Waals surface area contributed by atoms with E-state index in [0.717, 1.165) is 22.6 Å². The van der Waals surface area contributed by atoms with Gasteiger partial charge in [-0.3, -0.25) is 9.59 Å². The summed E-state index contributed by atoms with van der Waals surface area (Å²) in [5.41, 5.74) is 2.53. The molecule has 2 aliphatic heterocycles. The molecule has 0 aliphatic carbocycles. The predicted molar refractivity (Wildman–Crippen MR) is 148 cm³/mol. The van der Waals surface area contributed by atoms with E-state index in [2.05, 4.69) is 5.32 Å². The number of ether oxygens (including phenoxy) is 2. The fraction of sp³-hybridized carbons (Fsp3) is 0.300. The minimum atomic E-state index is -0.851. The van der Waals surface area contributed by atoms with Gasteiger partial charge in [-0.05, 0) is 41.0 Å². The molecule has 2 aliphatic rings. The topological polar surface area (TPSA) is 94.7 Å². The third kappa shape index (κ3) is 5.43. The smallest absolute Gasteiger partial charge is 0.334 e. The molecule has 10 heteroatoms. The summed E-state index contributed by atoms with van der Waals surface area (Å²) in [7, 11) is 4.92. The maximum atomic E-state index is 13.9. The zero-order valence-electron chi connectivity index (χ0n) is 22.8. The Morgan fingerprint density at radius 1 is 0.875 bits per heavy atom. The van der Waals surface area contributed by atoms with Crippen LogP contribution < -0.4 is 14.8 Å². The number of carbonyl (C=O) groups is 3. The number of nitrogens with one attached hydrogen (secondary N) is 1. The molecule has 0 bridgehead atoms. The van der Waals surface area contributed by atoms with Crippen molar-refractivity contribution in [1.82, 2.24) is 25.1 Å². The van der Waals surface area contributed by atoms with E-state index in [9.17, 15) is 14.4 Å². The first-order valence-corrected chi connectivity index (χ1v) is 13.1. The summed E-state index contributed by atoms with van der Waals surface area (Å²) in [5.74, 6) is 1.06. The van der Waals surface area contributed by atoms with Crippen molar-refractivity contribution in [2.24, 2.45) is 0 Å². The van der Waals surface area contributed by atoms with Crippen molar-refractivity contribution < 1.29 is 23.9 Å². The van der Waals surface area contributed by atoms with Crippen molar-refractivity contribution in [1.29, 1.82) is 0 Å². The molecule has 40 heavy (non-hydrogen) atoms. The van der Waals surface area contributed by atoms with Crippen molar-refractivity contribution in [3.8, 4) is 11.5 Å². The summed E-state index contributed by atoms with van der Waals surface area (Å²) in [5, 5.41) is 6.15. The normalized spacial score (nSPS) is 19.3. The number of benzene rings is 3. The van der Waals surface area contributed by atoms with E-state index in [4.69, 9.17) is 9.47 Å². The lowest BCUT2D eigenvalue weighted by molar-refractivity contribution is -0.188. The maximum Gasteiger partial charge on any atom is 0.334 e. The standard InChI is InChI=1S/C30H33N5O5/c1-32-20-27(36)34-26(35(32)30(38)31-17-21-9-13-24(39-2)14-10-21)19-33(18-22-11-15-25(40-3)16-12-22)29(37)28(34)23-7-5-4-6-8-23/h4-16,26,28H,17-20H2,1-3H3,(H,31,38)/t26-,28-/m0/s1. The minimum Gasteiger partial charge on any atom is -0.497 e. The molecule has 2 saturated heterocycles. The van der Waals surface area contributed by atoms with Gasteiger partial charge in [-0.1, -0.05) is 54.6 Å². The molecule has 3 aromatic carbocycles. The zero-order valence-corrected chi connectivity index (χ0v) is 22.8. The molecule has 5 rings (SSSR count). The molecule has 0 radical (unpaired) electrons. The van der Waals surface area contributed by atoms with Gasteiger partial charge in [-0.15, -0.1) is 0 Å². The molecule has 10 nitrogen and oxygen atoms in total. The SMILES string of the molecule is COc1ccc(CNC(=O)N2[C@H]3CN(Cc4ccc(OC)cc4)C(=O)[C@H](c4ccccc4)N3C(=O)CN2C)cc1. The van der Waals surface area contributed by atoms with Crippen LogP contribution in [0.25, 0.3) is 0 Å². The van der Waals surface area contributed by atoms with Gasteiger partial charge >= 0.3 is 6.03 Å². The average molecular weight is 544 g/mol. The molecule has 4 amide bonds. The van der Waals surface area contributed by atoms with Crippen LogP contribution in [0.5, 0.6) is 11.5 Å². The van der Waals surface area contributed by atoms with Crippen LogP contribution in [0.2, 0.25) is 0 Å². The number of hydrogen-bond donors (Lipinski definition) is 1. The number of rotatable bonds is 7. The molecule has 3 aromatic rings. The van der Waals surface area contributed by atoms with Crippen molar-refractivity contribution in [3.05, 3.63) is 95.6 Å². The molecular weight excluding hydrogens is 510 g/mol. The van der Waals surface area contributed by atoms with E-state index in [-0.39, 0.29) is 30.9 Å². The second kappa shape index (κ2) is 11.7. The quantitative estimate of drug-likeness (QED) is 0.493. The second-order valence-electron chi connectivity index (χ2n) is 9.83. The monoisotopic (exact) mass is 543 g/mol. The molecule has 0 spiro atoms. The van der Waals surface area contributed by atoms with Crippen LogP contribution in [0.1, 0.15) is 22.7 Å². The molecule has 2 fully saturated rings. The number of amides is 4. The Balaban J connectivity index is 1.44. The van der Waals surface area contributed by atoms with Crippen LogP contribution in [0.4, 0.5) is 4.79 Å². The molecule has 208 valence electrons. The predicted octanol–water partition coefficient (Wildman–Crippen LogP) is 3.01. The number of hydrazine groups is 1. The third-order valence-electron chi connectivity index (χ3n) is 7.29. The van der Waals surface area contributed by atoms with Gasteiger partial charge in [0.25, 0.3) is 5.91 Å². The highest BCUT2D eigenvalue weighted by atomic mass is 16.5. The number of fused-ring (bicyclic) bond motifs is 1. The van der Waals surface area contributed by atoms with Crippen molar-refractivity contribution in [3.63, 3.8) is 0 Å². The van der Waals surface area contributed by atoms with E-state index < -0.39 is 12.2 Å². The van der Waals surface area contributed by atoms with Crippen LogP contribution >= 0.6 is 0 Å². The van der Waals surface area contributed by atoms with Crippen LogP contribution in [-0.4, -0.2) is 78.2 Å². The molecule has 2 heterocycles. The first-order chi connectivity index (χ1) is 19.4. The first kappa shape index (κ1) is 27.0.